The van der Waals surface area contributed by atoms with Crippen LogP contribution in [0.5, 0.6) is 5.75 Å². The molecule has 0 bridgehead atoms. The molecule has 1 aliphatic heterocycles. The van der Waals surface area contributed by atoms with Gasteiger partial charge in [-0.1, -0.05) is 24.3 Å². The lowest BCUT2D eigenvalue weighted by atomic mass is 10.0. The molecule has 3 nitrogen and oxygen atoms in total. The quantitative estimate of drug-likeness (QED) is 0.880. The molecule has 4 heteroatoms. The van der Waals surface area contributed by atoms with Gasteiger partial charge in [-0.25, -0.2) is 0 Å². The minimum absolute atomic E-state index is 0.0321. The number of fused-ring (bicyclic) bond motifs is 1. The highest BCUT2D eigenvalue weighted by Gasteiger charge is 2.23. The molecule has 0 saturated heterocycles. The van der Waals surface area contributed by atoms with Crippen molar-refractivity contribution in [3.63, 3.8) is 0 Å². The van der Waals surface area contributed by atoms with Gasteiger partial charge < -0.3 is 10.1 Å². The zero-order valence-electron chi connectivity index (χ0n) is 11.8. The van der Waals surface area contributed by atoms with E-state index >= 15 is 0 Å². The minimum Gasteiger partial charge on any atom is -0.493 e. The fraction of sp³-hybridized carbons (Fsp3) is 0.235. The third-order valence-electron chi connectivity index (χ3n) is 3.64. The van der Waals surface area contributed by atoms with Gasteiger partial charge in [-0.2, -0.15) is 0 Å². The van der Waals surface area contributed by atoms with Gasteiger partial charge >= 0.3 is 0 Å². The summed E-state index contributed by atoms with van der Waals surface area (Å²) in [5.41, 5.74) is 1.88. The molecule has 0 radical (unpaired) electrons. The van der Waals surface area contributed by atoms with E-state index in [2.05, 4.69) is 11.4 Å². The Morgan fingerprint density at radius 2 is 2.14 bits per heavy atom. The Labute approximate surface area is 128 Å². The summed E-state index contributed by atoms with van der Waals surface area (Å²) in [6, 6.07) is 15.7. The first-order valence-electron chi connectivity index (χ1n) is 6.92. The molecular formula is C17H17NO2S. The number of carbonyl (C=O) groups excluding carboxylic acids is 1. The van der Waals surface area contributed by atoms with E-state index in [4.69, 9.17) is 4.74 Å². The van der Waals surface area contributed by atoms with E-state index in [0.29, 0.717) is 18.7 Å². The van der Waals surface area contributed by atoms with Gasteiger partial charge in [0.1, 0.15) is 5.75 Å². The second kappa shape index (κ2) is 6.22. The van der Waals surface area contributed by atoms with E-state index in [1.54, 1.807) is 11.8 Å². The van der Waals surface area contributed by atoms with Gasteiger partial charge in [-0.3, -0.25) is 4.79 Å². The van der Waals surface area contributed by atoms with Crippen LogP contribution in [-0.4, -0.2) is 25.3 Å². The van der Waals surface area contributed by atoms with Crippen LogP contribution in [0.2, 0.25) is 0 Å². The summed E-state index contributed by atoms with van der Waals surface area (Å²) in [4.78, 5) is 13.3. The molecule has 2 aromatic carbocycles. The summed E-state index contributed by atoms with van der Waals surface area (Å²) < 4.78 is 5.63. The number of rotatable bonds is 4. The largest absolute Gasteiger partial charge is 0.493 e. The number of hydrogen-bond acceptors (Lipinski definition) is 3. The lowest BCUT2D eigenvalue weighted by Gasteiger charge is -2.11. The average molecular weight is 299 g/mol. The fourth-order valence-electron chi connectivity index (χ4n) is 2.48. The Kier molecular flexibility index (Phi) is 4.15. The first kappa shape index (κ1) is 14.0. The number of nitrogens with one attached hydrogen (secondary N) is 1. The number of ether oxygens (including phenoxy) is 1. The Morgan fingerprint density at radius 1 is 1.29 bits per heavy atom. The number of carbonyl (C=O) groups is 1. The molecule has 1 heterocycles. The van der Waals surface area contributed by atoms with E-state index in [0.717, 1.165) is 10.6 Å². The van der Waals surface area contributed by atoms with Gasteiger partial charge in [-0.05, 0) is 30.5 Å². The van der Waals surface area contributed by atoms with E-state index in [1.807, 2.05) is 48.7 Å². The number of hydrogen-bond donors (Lipinski definition) is 1. The summed E-state index contributed by atoms with van der Waals surface area (Å²) in [7, 11) is 0. The molecule has 21 heavy (non-hydrogen) atoms. The van der Waals surface area contributed by atoms with Crippen molar-refractivity contribution in [2.45, 2.75) is 10.8 Å². The highest BCUT2D eigenvalue weighted by Crippen LogP contribution is 2.32. The number of benzene rings is 2. The van der Waals surface area contributed by atoms with Gasteiger partial charge in [0.15, 0.2) is 0 Å². The minimum atomic E-state index is -0.0321. The highest BCUT2D eigenvalue weighted by atomic mass is 32.2. The molecular weight excluding hydrogens is 282 g/mol. The van der Waals surface area contributed by atoms with Crippen molar-refractivity contribution < 1.29 is 9.53 Å². The number of para-hydroxylation sites is 1. The number of amides is 1. The number of thioether (sulfide) groups is 1. The molecule has 108 valence electrons. The molecule has 1 amide bonds. The standard InChI is InChI=1S/C17H17NO2S/c1-21-14-6-4-5-12(9-14)17(19)18-10-13-11-20-16-8-3-2-7-15(13)16/h2-9,13H,10-11H2,1H3,(H,18,19)/t13-/m0/s1. The van der Waals surface area contributed by atoms with Crippen LogP contribution in [0.3, 0.4) is 0 Å². The van der Waals surface area contributed by atoms with E-state index in [1.165, 1.54) is 5.56 Å². The van der Waals surface area contributed by atoms with Crippen molar-refractivity contribution in [2.24, 2.45) is 0 Å². The van der Waals surface area contributed by atoms with Crippen molar-refractivity contribution in [3.05, 3.63) is 59.7 Å². The van der Waals surface area contributed by atoms with Gasteiger partial charge in [0.05, 0.1) is 6.61 Å². The molecule has 0 saturated carbocycles. The predicted octanol–water partition coefficient (Wildman–Crippen LogP) is 3.31. The molecule has 1 atom stereocenters. The van der Waals surface area contributed by atoms with Crippen LogP contribution in [0.1, 0.15) is 21.8 Å². The SMILES string of the molecule is CSc1cccc(C(=O)NC[C@H]2COc3ccccc32)c1. The van der Waals surface area contributed by atoms with Crippen molar-refractivity contribution in [3.8, 4) is 5.75 Å². The maximum Gasteiger partial charge on any atom is 0.251 e. The van der Waals surface area contributed by atoms with Crippen LogP contribution < -0.4 is 10.1 Å². The van der Waals surface area contributed by atoms with Gasteiger partial charge in [0, 0.05) is 28.5 Å². The molecule has 2 aromatic rings. The molecule has 0 spiro atoms. The van der Waals surface area contributed by atoms with Gasteiger partial charge in [0.25, 0.3) is 5.91 Å². The van der Waals surface area contributed by atoms with Crippen molar-refractivity contribution >= 4 is 17.7 Å². The van der Waals surface area contributed by atoms with E-state index in [9.17, 15) is 4.79 Å². The molecule has 0 unspecified atom stereocenters. The molecule has 0 aliphatic carbocycles. The van der Waals surface area contributed by atoms with Crippen molar-refractivity contribution in [1.29, 1.82) is 0 Å². The van der Waals surface area contributed by atoms with Crippen molar-refractivity contribution in [2.75, 3.05) is 19.4 Å². The van der Waals surface area contributed by atoms with Gasteiger partial charge in [0.2, 0.25) is 0 Å². The first-order chi connectivity index (χ1) is 10.3. The summed E-state index contributed by atoms with van der Waals surface area (Å²) >= 11 is 1.63. The fourth-order valence-corrected chi connectivity index (χ4v) is 2.94. The molecule has 0 aromatic heterocycles. The Morgan fingerprint density at radius 3 is 3.00 bits per heavy atom. The van der Waals surface area contributed by atoms with Crippen LogP contribution in [0, 0.1) is 0 Å². The zero-order chi connectivity index (χ0) is 14.7. The van der Waals surface area contributed by atoms with Crippen LogP contribution in [0.4, 0.5) is 0 Å². The first-order valence-corrected chi connectivity index (χ1v) is 8.14. The van der Waals surface area contributed by atoms with Crippen LogP contribution >= 0.6 is 11.8 Å². The zero-order valence-corrected chi connectivity index (χ0v) is 12.7. The molecule has 1 aliphatic rings. The van der Waals surface area contributed by atoms with E-state index in [-0.39, 0.29) is 11.8 Å². The Bertz CT molecular complexity index is 657. The predicted molar refractivity (Wildman–Crippen MR) is 85.2 cm³/mol. The summed E-state index contributed by atoms with van der Waals surface area (Å²) in [6.45, 7) is 1.23. The lowest BCUT2D eigenvalue weighted by molar-refractivity contribution is 0.0950. The summed E-state index contributed by atoms with van der Waals surface area (Å²) in [6.07, 6.45) is 2.00. The topological polar surface area (TPSA) is 38.3 Å². The third-order valence-corrected chi connectivity index (χ3v) is 4.37. The molecule has 0 fully saturated rings. The van der Waals surface area contributed by atoms with Crippen molar-refractivity contribution in [1.82, 2.24) is 5.32 Å². The maximum absolute atomic E-state index is 12.2. The average Bonchev–Trinajstić information content (AvgIpc) is 2.96. The van der Waals surface area contributed by atoms with Crippen LogP contribution in [0.15, 0.2) is 53.4 Å². The second-order valence-electron chi connectivity index (χ2n) is 4.99. The monoisotopic (exact) mass is 299 g/mol. The highest BCUT2D eigenvalue weighted by molar-refractivity contribution is 7.98. The van der Waals surface area contributed by atoms with Crippen LogP contribution in [0.25, 0.3) is 0 Å². The smallest absolute Gasteiger partial charge is 0.251 e. The van der Waals surface area contributed by atoms with Crippen LogP contribution in [-0.2, 0) is 0 Å². The van der Waals surface area contributed by atoms with E-state index < -0.39 is 0 Å². The second-order valence-corrected chi connectivity index (χ2v) is 5.87. The summed E-state index contributed by atoms with van der Waals surface area (Å²) in [5.74, 6) is 1.13. The van der Waals surface area contributed by atoms with Gasteiger partial charge in [-0.15, -0.1) is 11.8 Å². The third kappa shape index (κ3) is 3.05. The normalized spacial score (nSPS) is 16.1. The molecule has 3 rings (SSSR count). The maximum atomic E-state index is 12.2. The lowest BCUT2D eigenvalue weighted by Crippen LogP contribution is -2.29. The molecule has 1 N–H and O–H groups in total. The Hall–Kier alpha value is -1.94. The Balaban J connectivity index is 1.64. The summed E-state index contributed by atoms with van der Waals surface area (Å²) in [5, 5.41) is 3.00.